The van der Waals surface area contributed by atoms with Crippen molar-refractivity contribution in [3.63, 3.8) is 0 Å². The van der Waals surface area contributed by atoms with E-state index in [0.29, 0.717) is 13.2 Å². The van der Waals surface area contributed by atoms with Crippen LogP contribution >= 0.6 is 8.25 Å². The summed E-state index contributed by atoms with van der Waals surface area (Å²) in [5.41, 5.74) is 0. The maximum atomic E-state index is 10.9. The van der Waals surface area contributed by atoms with E-state index in [4.69, 9.17) is 9.63 Å². The first kappa shape index (κ1) is 15.2. The lowest BCUT2D eigenvalue weighted by atomic mass is 10.2. The molecular weight excluding hydrogens is 231 g/mol. The predicted octanol–water partition coefficient (Wildman–Crippen LogP) is 2.33. The molecule has 0 amide bonds. The molecular formula is C10H18O5P+. The molecule has 0 fully saturated rings. The third-order valence-corrected chi connectivity index (χ3v) is 2.19. The van der Waals surface area contributed by atoms with Crippen LogP contribution in [0.3, 0.4) is 0 Å². The Morgan fingerprint density at radius 3 is 2.44 bits per heavy atom. The van der Waals surface area contributed by atoms with Gasteiger partial charge in [0.05, 0.1) is 6.61 Å². The highest BCUT2D eigenvalue weighted by atomic mass is 31.1. The van der Waals surface area contributed by atoms with Gasteiger partial charge in [-0.05, 0) is 26.2 Å². The van der Waals surface area contributed by atoms with Crippen LogP contribution in [0, 0.1) is 0 Å². The van der Waals surface area contributed by atoms with E-state index < -0.39 is 8.25 Å². The van der Waals surface area contributed by atoms with Crippen LogP contribution in [0.25, 0.3) is 0 Å². The van der Waals surface area contributed by atoms with Crippen molar-refractivity contribution in [3.8, 4) is 0 Å². The molecule has 0 spiro atoms. The van der Waals surface area contributed by atoms with Gasteiger partial charge in [0.2, 0.25) is 0 Å². The van der Waals surface area contributed by atoms with E-state index in [0.717, 1.165) is 25.7 Å². The molecule has 0 radical (unpaired) electrons. The van der Waals surface area contributed by atoms with Crippen molar-refractivity contribution in [3.05, 3.63) is 12.2 Å². The molecule has 0 heterocycles. The van der Waals surface area contributed by atoms with Gasteiger partial charge in [-0.2, -0.15) is 0 Å². The molecule has 0 saturated heterocycles. The summed E-state index contributed by atoms with van der Waals surface area (Å²) in [6.07, 6.45) is 6.36. The average molecular weight is 249 g/mol. The summed E-state index contributed by atoms with van der Waals surface area (Å²) in [6.45, 7) is 2.47. The minimum atomic E-state index is -2.47. The minimum Gasteiger partial charge on any atom is -0.463 e. The van der Waals surface area contributed by atoms with Gasteiger partial charge in [0.25, 0.3) is 0 Å². The van der Waals surface area contributed by atoms with Crippen molar-refractivity contribution >= 4 is 14.2 Å². The fraction of sp³-hybridized carbons (Fsp3) is 0.700. The molecule has 5 nitrogen and oxygen atoms in total. The monoisotopic (exact) mass is 249 g/mol. The number of unbranched alkanes of at least 4 members (excludes halogenated alkanes) is 3. The van der Waals surface area contributed by atoms with Crippen LogP contribution in [0.5, 0.6) is 0 Å². The van der Waals surface area contributed by atoms with Crippen molar-refractivity contribution < 1.29 is 23.5 Å². The van der Waals surface area contributed by atoms with Crippen LogP contribution in [0.4, 0.5) is 0 Å². The van der Waals surface area contributed by atoms with Crippen molar-refractivity contribution in [2.45, 2.75) is 32.6 Å². The summed E-state index contributed by atoms with van der Waals surface area (Å²) >= 11 is 0. The third-order valence-electron chi connectivity index (χ3n) is 1.79. The Balaban J connectivity index is 3.15. The van der Waals surface area contributed by atoms with E-state index in [2.05, 4.69) is 4.52 Å². The molecule has 0 bridgehead atoms. The smallest absolute Gasteiger partial charge is 0.463 e. The summed E-state index contributed by atoms with van der Waals surface area (Å²) in [7, 11) is -2.47. The van der Waals surface area contributed by atoms with Crippen LogP contribution in [0.15, 0.2) is 12.2 Å². The Hall–Kier alpha value is -0.770. The number of allylic oxidation sites excluding steroid dienone is 1. The van der Waals surface area contributed by atoms with Gasteiger partial charge in [0.1, 0.15) is 6.61 Å². The molecule has 1 atom stereocenters. The minimum absolute atomic E-state index is 0.296. The zero-order valence-electron chi connectivity index (χ0n) is 9.42. The largest absolute Gasteiger partial charge is 0.694 e. The van der Waals surface area contributed by atoms with E-state index in [1.54, 1.807) is 13.0 Å². The van der Waals surface area contributed by atoms with Gasteiger partial charge in [-0.25, -0.2) is 4.79 Å². The molecule has 6 heteroatoms. The van der Waals surface area contributed by atoms with Gasteiger partial charge in [-0.3, -0.25) is 0 Å². The molecule has 0 aromatic carbocycles. The van der Waals surface area contributed by atoms with Crippen molar-refractivity contribution in [2.75, 3.05) is 13.2 Å². The molecule has 0 saturated carbocycles. The van der Waals surface area contributed by atoms with E-state index in [9.17, 15) is 9.36 Å². The fourth-order valence-electron chi connectivity index (χ4n) is 1.06. The molecule has 92 valence electrons. The van der Waals surface area contributed by atoms with Crippen LogP contribution in [-0.2, 0) is 18.6 Å². The lowest BCUT2D eigenvalue weighted by molar-refractivity contribution is -0.137. The maximum absolute atomic E-state index is 10.9. The summed E-state index contributed by atoms with van der Waals surface area (Å²) < 4.78 is 19.5. The predicted molar refractivity (Wildman–Crippen MR) is 60.0 cm³/mol. The lowest BCUT2D eigenvalue weighted by Crippen LogP contribution is -2.02. The highest BCUT2D eigenvalue weighted by Crippen LogP contribution is 2.15. The van der Waals surface area contributed by atoms with Crippen LogP contribution in [-0.4, -0.2) is 24.1 Å². The van der Waals surface area contributed by atoms with Crippen LogP contribution < -0.4 is 0 Å². The zero-order chi connectivity index (χ0) is 12.2. The molecule has 0 aromatic rings. The van der Waals surface area contributed by atoms with Crippen molar-refractivity contribution in [2.24, 2.45) is 0 Å². The van der Waals surface area contributed by atoms with Gasteiger partial charge in [-0.1, -0.05) is 12.5 Å². The normalized spacial score (nSPS) is 11.8. The Morgan fingerprint density at radius 2 is 1.88 bits per heavy atom. The lowest BCUT2D eigenvalue weighted by Gasteiger charge is -2.01. The summed E-state index contributed by atoms with van der Waals surface area (Å²) in [6, 6.07) is 0. The summed E-state index contributed by atoms with van der Waals surface area (Å²) in [5.74, 6) is -0.317. The van der Waals surface area contributed by atoms with E-state index in [1.165, 1.54) is 6.08 Å². The van der Waals surface area contributed by atoms with Crippen LogP contribution in [0.2, 0.25) is 0 Å². The first-order valence-corrected chi connectivity index (χ1v) is 6.38. The molecule has 1 unspecified atom stereocenters. The Kier molecular flexibility index (Phi) is 10.2. The number of rotatable bonds is 9. The first-order valence-electron chi connectivity index (χ1n) is 5.25. The van der Waals surface area contributed by atoms with E-state index in [1.807, 2.05) is 0 Å². The Morgan fingerprint density at radius 1 is 1.25 bits per heavy atom. The highest BCUT2D eigenvalue weighted by molar-refractivity contribution is 7.32. The molecule has 1 N–H and O–H groups in total. The summed E-state index contributed by atoms with van der Waals surface area (Å²) in [5, 5.41) is 0. The zero-order valence-corrected chi connectivity index (χ0v) is 10.3. The van der Waals surface area contributed by atoms with Gasteiger partial charge in [0.15, 0.2) is 0 Å². The number of esters is 1. The topological polar surface area (TPSA) is 72.8 Å². The average Bonchev–Trinajstić information content (AvgIpc) is 2.22. The summed E-state index contributed by atoms with van der Waals surface area (Å²) in [4.78, 5) is 19.2. The molecule has 0 aliphatic carbocycles. The molecule has 0 aliphatic rings. The molecule has 0 aromatic heterocycles. The van der Waals surface area contributed by atoms with Gasteiger partial charge >= 0.3 is 14.2 Å². The van der Waals surface area contributed by atoms with Crippen molar-refractivity contribution in [1.29, 1.82) is 0 Å². The second-order valence-electron chi connectivity index (χ2n) is 3.15. The Bertz CT molecular complexity index is 239. The second kappa shape index (κ2) is 10.7. The number of hydrogen-bond acceptors (Lipinski definition) is 4. The van der Waals surface area contributed by atoms with Gasteiger partial charge in [0, 0.05) is 10.6 Å². The third kappa shape index (κ3) is 11.3. The SMILES string of the molecule is CC=CC(=O)OCCCCCCO[P+](=O)O. The first-order chi connectivity index (χ1) is 7.66. The number of ether oxygens (including phenoxy) is 1. The van der Waals surface area contributed by atoms with Crippen molar-refractivity contribution in [1.82, 2.24) is 0 Å². The van der Waals surface area contributed by atoms with E-state index >= 15 is 0 Å². The quantitative estimate of drug-likeness (QED) is 0.294. The molecule has 0 rings (SSSR count). The number of hydrogen-bond donors (Lipinski definition) is 1. The Labute approximate surface area is 96.4 Å². The molecule has 16 heavy (non-hydrogen) atoms. The van der Waals surface area contributed by atoms with Crippen LogP contribution in [0.1, 0.15) is 32.6 Å². The molecule has 0 aliphatic heterocycles. The highest BCUT2D eigenvalue weighted by Gasteiger charge is 2.09. The maximum Gasteiger partial charge on any atom is 0.694 e. The number of carbonyl (C=O) groups excluding carboxylic acids is 1. The van der Waals surface area contributed by atoms with Gasteiger partial charge in [-0.15, -0.1) is 9.42 Å². The number of carbonyl (C=O) groups is 1. The fourth-order valence-corrected chi connectivity index (χ4v) is 1.34. The van der Waals surface area contributed by atoms with Gasteiger partial charge < -0.3 is 4.74 Å². The second-order valence-corrected chi connectivity index (χ2v) is 3.89. The standard InChI is InChI=1S/C10H17O5P/c1-2-7-10(11)14-8-5-3-4-6-9-15-16(12)13/h2,7H,3-6,8-9H2,1H3/p+1. The van der Waals surface area contributed by atoms with E-state index in [-0.39, 0.29) is 5.97 Å².